The highest BCUT2D eigenvalue weighted by Crippen LogP contribution is 2.27. The van der Waals surface area contributed by atoms with E-state index in [1.54, 1.807) is 18.9 Å². The van der Waals surface area contributed by atoms with E-state index in [-0.39, 0.29) is 11.6 Å². The summed E-state index contributed by atoms with van der Waals surface area (Å²) in [5.41, 5.74) is -0.725. The van der Waals surface area contributed by atoms with Gasteiger partial charge < -0.3 is 15.3 Å². The molecule has 1 aliphatic heterocycles. The molecule has 0 bridgehead atoms. The predicted octanol–water partition coefficient (Wildman–Crippen LogP) is 2.14. The number of aliphatic hydroxyl groups is 1. The lowest BCUT2D eigenvalue weighted by atomic mass is 9.98. The maximum Gasteiger partial charge on any atom is 0.168 e. The summed E-state index contributed by atoms with van der Waals surface area (Å²) in [6.45, 7) is 2.89. The molecule has 1 atom stereocenters. The van der Waals surface area contributed by atoms with Crippen molar-refractivity contribution in [3.05, 3.63) is 17.7 Å². The minimum absolute atomic E-state index is 0.0346. The quantitative estimate of drug-likeness (QED) is 0.865. The van der Waals surface area contributed by atoms with Gasteiger partial charge >= 0.3 is 0 Å². The summed E-state index contributed by atoms with van der Waals surface area (Å²) in [6, 6.07) is 0.844. The molecule has 1 aliphatic rings. The van der Waals surface area contributed by atoms with Gasteiger partial charge in [0.15, 0.2) is 23.3 Å². The molecule has 2 N–H and O–H groups in total. The fourth-order valence-electron chi connectivity index (χ4n) is 2.33. The van der Waals surface area contributed by atoms with Crippen molar-refractivity contribution < 1.29 is 13.9 Å². The van der Waals surface area contributed by atoms with E-state index in [1.807, 2.05) is 0 Å². The number of halogens is 2. The number of hydrogen-bond donors (Lipinski definition) is 2. The number of anilines is 2. The average molecular weight is 271 g/mol. The van der Waals surface area contributed by atoms with E-state index in [2.05, 4.69) is 10.3 Å². The van der Waals surface area contributed by atoms with Crippen LogP contribution in [0.1, 0.15) is 26.2 Å². The van der Waals surface area contributed by atoms with E-state index in [4.69, 9.17) is 0 Å². The fourth-order valence-corrected chi connectivity index (χ4v) is 2.33. The highest BCUT2D eigenvalue weighted by atomic mass is 19.1. The number of hydrogen-bond acceptors (Lipinski definition) is 4. The minimum Gasteiger partial charge on any atom is -0.390 e. The lowest BCUT2D eigenvalue weighted by molar-refractivity contribution is 0.0481. The van der Waals surface area contributed by atoms with Gasteiger partial charge in [0.2, 0.25) is 0 Å². The number of pyridine rings is 1. The standard InChI is InChI=1S/C13H19F2N3O/c1-13(19)4-3-6-18(7-5-13)12-10(15)8-9(14)11(16-2)17-12/h8,19H,3-7H2,1-2H3,(H,16,17). The minimum atomic E-state index is -0.725. The molecular weight excluding hydrogens is 252 g/mol. The Morgan fingerprint density at radius 3 is 2.74 bits per heavy atom. The molecule has 0 radical (unpaired) electrons. The van der Waals surface area contributed by atoms with Gasteiger partial charge in [0.1, 0.15) is 0 Å². The van der Waals surface area contributed by atoms with Crippen LogP contribution in [0.4, 0.5) is 20.4 Å². The second kappa shape index (κ2) is 5.28. The molecule has 106 valence electrons. The van der Waals surface area contributed by atoms with Crippen LogP contribution in [0, 0.1) is 11.6 Å². The van der Waals surface area contributed by atoms with Crippen molar-refractivity contribution in [2.24, 2.45) is 0 Å². The third-order valence-corrected chi connectivity index (χ3v) is 3.51. The zero-order valence-corrected chi connectivity index (χ0v) is 11.2. The largest absolute Gasteiger partial charge is 0.390 e. The van der Waals surface area contributed by atoms with Crippen molar-refractivity contribution in [1.29, 1.82) is 0 Å². The van der Waals surface area contributed by atoms with Crippen LogP contribution >= 0.6 is 0 Å². The Balaban J connectivity index is 2.26. The molecule has 0 saturated carbocycles. The molecule has 1 aromatic rings. The van der Waals surface area contributed by atoms with Crippen molar-refractivity contribution >= 4 is 11.6 Å². The van der Waals surface area contributed by atoms with Crippen LogP contribution in [0.15, 0.2) is 6.07 Å². The van der Waals surface area contributed by atoms with Crippen LogP contribution in [0.5, 0.6) is 0 Å². The number of nitrogens with one attached hydrogen (secondary N) is 1. The van der Waals surface area contributed by atoms with Crippen LogP contribution in [-0.4, -0.2) is 35.8 Å². The summed E-state index contributed by atoms with van der Waals surface area (Å²) in [4.78, 5) is 5.75. The van der Waals surface area contributed by atoms with E-state index in [0.29, 0.717) is 25.9 Å². The third kappa shape index (κ3) is 3.12. The van der Waals surface area contributed by atoms with E-state index in [9.17, 15) is 13.9 Å². The van der Waals surface area contributed by atoms with E-state index < -0.39 is 17.2 Å². The number of nitrogens with zero attached hydrogens (tertiary/aromatic N) is 2. The first-order valence-corrected chi connectivity index (χ1v) is 6.44. The van der Waals surface area contributed by atoms with Gasteiger partial charge in [-0.2, -0.15) is 0 Å². The maximum absolute atomic E-state index is 13.8. The van der Waals surface area contributed by atoms with Crippen molar-refractivity contribution in [3.63, 3.8) is 0 Å². The first-order valence-electron chi connectivity index (χ1n) is 6.44. The van der Waals surface area contributed by atoms with E-state index >= 15 is 0 Å². The molecule has 1 saturated heterocycles. The normalized spacial score (nSPS) is 24.2. The predicted molar refractivity (Wildman–Crippen MR) is 70.4 cm³/mol. The Morgan fingerprint density at radius 2 is 2.05 bits per heavy atom. The Bertz CT molecular complexity index is 465. The molecule has 1 aromatic heterocycles. The van der Waals surface area contributed by atoms with Crippen LogP contribution < -0.4 is 10.2 Å². The van der Waals surface area contributed by atoms with Crippen LogP contribution in [0.2, 0.25) is 0 Å². The first-order chi connectivity index (χ1) is 8.93. The lowest BCUT2D eigenvalue weighted by Gasteiger charge is -2.24. The SMILES string of the molecule is CNc1nc(N2CCCC(C)(O)CC2)c(F)cc1F. The zero-order valence-electron chi connectivity index (χ0n) is 11.2. The average Bonchev–Trinajstić information content (AvgIpc) is 2.51. The highest BCUT2D eigenvalue weighted by molar-refractivity contribution is 5.49. The van der Waals surface area contributed by atoms with Crippen molar-refractivity contribution in [2.75, 3.05) is 30.4 Å². The molecule has 0 amide bonds. The smallest absolute Gasteiger partial charge is 0.168 e. The van der Waals surface area contributed by atoms with Gasteiger partial charge in [0, 0.05) is 26.2 Å². The molecule has 0 aromatic carbocycles. The van der Waals surface area contributed by atoms with Crippen LogP contribution in [-0.2, 0) is 0 Å². The van der Waals surface area contributed by atoms with E-state index in [0.717, 1.165) is 12.5 Å². The monoisotopic (exact) mass is 271 g/mol. The topological polar surface area (TPSA) is 48.4 Å². The zero-order chi connectivity index (χ0) is 14.0. The molecule has 2 heterocycles. The van der Waals surface area contributed by atoms with Crippen LogP contribution in [0.25, 0.3) is 0 Å². The van der Waals surface area contributed by atoms with Gasteiger partial charge in [0.25, 0.3) is 0 Å². The summed E-state index contributed by atoms with van der Waals surface area (Å²) < 4.78 is 27.2. The molecule has 6 heteroatoms. The van der Waals surface area contributed by atoms with E-state index in [1.165, 1.54) is 0 Å². The maximum atomic E-state index is 13.8. The Hall–Kier alpha value is -1.43. The van der Waals surface area contributed by atoms with Gasteiger partial charge in [-0.3, -0.25) is 0 Å². The third-order valence-electron chi connectivity index (χ3n) is 3.51. The number of aromatic nitrogens is 1. The van der Waals surface area contributed by atoms with Crippen molar-refractivity contribution in [3.8, 4) is 0 Å². The second-order valence-corrected chi connectivity index (χ2v) is 5.21. The molecule has 19 heavy (non-hydrogen) atoms. The lowest BCUT2D eigenvalue weighted by Crippen LogP contribution is -2.29. The Morgan fingerprint density at radius 1 is 1.32 bits per heavy atom. The summed E-state index contributed by atoms with van der Waals surface area (Å²) in [5, 5.41) is 12.6. The summed E-state index contributed by atoms with van der Waals surface area (Å²) in [7, 11) is 1.54. The molecule has 4 nitrogen and oxygen atoms in total. The van der Waals surface area contributed by atoms with Crippen molar-refractivity contribution in [2.45, 2.75) is 31.8 Å². The number of rotatable bonds is 2. The summed E-state index contributed by atoms with van der Waals surface area (Å²) in [6.07, 6.45) is 1.96. The highest BCUT2D eigenvalue weighted by Gasteiger charge is 2.27. The molecule has 1 unspecified atom stereocenters. The molecule has 0 spiro atoms. The Kier molecular flexibility index (Phi) is 3.89. The second-order valence-electron chi connectivity index (χ2n) is 5.21. The molecule has 2 rings (SSSR count). The van der Waals surface area contributed by atoms with Crippen LogP contribution in [0.3, 0.4) is 0 Å². The summed E-state index contributed by atoms with van der Waals surface area (Å²) in [5.74, 6) is -1.19. The van der Waals surface area contributed by atoms with Gasteiger partial charge in [0.05, 0.1) is 5.60 Å². The van der Waals surface area contributed by atoms with Gasteiger partial charge in [-0.1, -0.05) is 0 Å². The van der Waals surface area contributed by atoms with Gasteiger partial charge in [-0.25, -0.2) is 13.8 Å². The molecular formula is C13H19F2N3O. The van der Waals surface area contributed by atoms with Gasteiger partial charge in [-0.05, 0) is 26.2 Å². The summed E-state index contributed by atoms with van der Waals surface area (Å²) >= 11 is 0. The molecule has 0 aliphatic carbocycles. The Labute approximate surface area is 111 Å². The van der Waals surface area contributed by atoms with Gasteiger partial charge in [-0.15, -0.1) is 0 Å². The van der Waals surface area contributed by atoms with Crippen molar-refractivity contribution in [1.82, 2.24) is 4.98 Å². The molecule has 1 fully saturated rings. The first kappa shape index (κ1) is 14.0. The fraction of sp³-hybridized carbons (Fsp3) is 0.615.